The Labute approximate surface area is 170 Å². The maximum absolute atomic E-state index is 12.6. The second-order valence-electron chi connectivity index (χ2n) is 6.27. The van der Waals surface area contributed by atoms with Crippen LogP contribution in [0.4, 0.5) is 0 Å². The van der Waals surface area contributed by atoms with E-state index < -0.39 is 34.2 Å². The van der Waals surface area contributed by atoms with E-state index in [0.29, 0.717) is 0 Å². The van der Waals surface area contributed by atoms with Gasteiger partial charge in [0, 0.05) is 0 Å². The molecule has 0 fully saturated rings. The second kappa shape index (κ2) is 10.7. The topological polar surface area (TPSA) is 111 Å². The molecule has 8 nitrogen and oxygen atoms in total. The van der Waals surface area contributed by atoms with E-state index in [4.69, 9.17) is 9.47 Å². The van der Waals surface area contributed by atoms with Crippen LogP contribution in [0.3, 0.4) is 0 Å². The van der Waals surface area contributed by atoms with E-state index in [-0.39, 0.29) is 12.8 Å². The summed E-state index contributed by atoms with van der Waals surface area (Å²) >= 11 is 0. The van der Waals surface area contributed by atoms with Crippen molar-refractivity contribution in [2.45, 2.75) is 24.9 Å². The Bertz CT molecular complexity index is 834. The van der Waals surface area contributed by atoms with Crippen LogP contribution in [0.5, 0.6) is 0 Å². The molecule has 0 aliphatic carbocycles. The minimum absolute atomic E-state index is 0.0933. The number of methoxy groups -OCH3 is 2. The van der Waals surface area contributed by atoms with Gasteiger partial charge >= 0.3 is 11.9 Å². The summed E-state index contributed by atoms with van der Waals surface area (Å²) in [4.78, 5) is 24.2. The minimum atomic E-state index is -4.23. The summed E-state index contributed by atoms with van der Waals surface area (Å²) < 4.78 is 39.2. The number of nitrogens with one attached hydrogen (secondary N) is 2. The lowest BCUT2D eigenvalue weighted by atomic mass is 10.1. The number of hydrogen-bond acceptors (Lipinski definition) is 6. The number of carbonyl (C=O) groups excluding carboxylic acids is 2. The summed E-state index contributed by atoms with van der Waals surface area (Å²) in [5, 5.41) is 0. The number of benzene rings is 2. The predicted molar refractivity (Wildman–Crippen MR) is 107 cm³/mol. The van der Waals surface area contributed by atoms with Gasteiger partial charge in [-0.05, 0) is 24.0 Å². The molecule has 2 aromatic carbocycles. The average Bonchev–Trinajstić information content (AvgIpc) is 2.72. The van der Waals surface area contributed by atoms with Crippen molar-refractivity contribution >= 4 is 22.1 Å². The van der Waals surface area contributed by atoms with Gasteiger partial charge in [0.05, 0.1) is 14.2 Å². The van der Waals surface area contributed by atoms with E-state index in [0.717, 1.165) is 11.1 Å². The van der Waals surface area contributed by atoms with E-state index in [1.54, 1.807) is 48.5 Å². The summed E-state index contributed by atoms with van der Waals surface area (Å²) in [6.45, 7) is 0. The van der Waals surface area contributed by atoms with Gasteiger partial charge in [0.1, 0.15) is 12.1 Å². The maximum Gasteiger partial charge on any atom is 0.324 e. The zero-order valence-electron chi connectivity index (χ0n) is 16.2. The zero-order chi connectivity index (χ0) is 21.3. The molecule has 2 rings (SSSR count). The Morgan fingerprint density at radius 3 is 1.41 bits per heavy atom. The molecule has 0 saturated heterocycles. The van der Waals surface area contributed by atoms with Crippen molar-refractivity contribution in [2.24, 2.45) is 0 Å². The monoisotopic (exact) mass is 420 g/mol. The molecule has 2 aromatic rings. The van der Waals surface area contributed by atoms with Crippen molar-refractivity contribution in [3.05, 3.63) is 71.8 Å². The first-order chi connectivity index (χ1) is 13.8. The fraction of sp³-hybridized carbons (Fsp3) is 0.300. The van der Waals surface area contributed by atoms with Crippen LogP contribution in [0, 0.1) is 0 Å². The Kier molecular flexibility index (Phi) is 8.32. The molecule has 0 radical (unpaired) electrons. The van der Waals surface area contributed by atoms with Crippen LogP contribution >= 0.6 is 0 Å². The Balaban J connectivity index is 2.15. The SMILES string of the molecule is COC(=O)[C@H](Cc1ccccc1)NS(=O)(=O)N[C@H](Cc1ccccc1)C(=O)OC. The lowest BCUT2D eigenvalue weighted by molar-refractivity contribution is -0.143. The normalized spacial score (nSPS) is 13.3. The fourth-order valence-electron chi connectivity index (χ4n) is 2.74. The first kappa shape index (κ1) is 22.5. The van der Waals surface area contributed by atoms with E-state index in [1.807, 2.05) is 12.1 Å². The van der Waals surface area contributed by atoms with Crippen molar-refractivity contribution in [2.75, 3.05) is 14.2 Å². The Morgan fingerprint density at radius 2 is 1.10 bits per heavy atom. The molecule has 0 spiro atoms. The van der Waals surface area contributed by atoms with Gasteiger partial charge in [-0.3, -0.25) is 9.59 Å². The highest BCUT2D eigenvalue weighted by molar-refractivity contribution is 7.87. The van der Waals surface area contributed by atoms with E-state index in [9.17, 15) is 18.0 Å². The molecule has 0 saturated carbocycles. The predicted octanol–water partition coefficient (Wildman–Crippen LogP) is 0.979. The molecule has 29 heavy (non-hydrogen) atoms. The van der Waals surface area contributed by atoms with Crippen LogP contribution in [0.1, 0.15) is 11.1 Å². The number of ether oxygens (including phenoxy) is 2. The maximum atomic E-state index is 12.6. The van der Waals surface area contributed by atoms with Crippen molar-refractivity contribution in [1.29, 1.82) is 0 Å². The third kappa shape index (κ3) is 7.30. The number of carbonyl (C=O) groups is 2. The molecule has 0 bridgehead atoms. The minimum Gasteiger partial charge on any atom is -0.468 e. The molecule has 0 unspecified atom stereocenters. The standard InChI is InChI=1S/C20H24N2O6S/c1-27-19(23)17(13-15-9-5-3-6-10-15)21-29(25,26)22-18(20(24)28-2)14-16-11-7-4-8-12-16/h3-12,17-18,21-22H,13-14H2,1-2H3/t17-,18+. The molecule has 2 atom stereocenters. The summed E-state index contributed by atoms with van der Waals surface area (Å²) in [6, 6.07) is 15.5. The molecular formula is C20H24N2O6S. The van der Waals surface area contributed by atoms with E-state index in [2.05, 4.69) is 9.44 Å². The molecule has 0 aliphatic rings. The van der Waals surface area contributed by atoms with Gasteiger partial charge in [-0.15, -0.1) is 0 Å². The highest BCUT2D eigenvalue weighted by atomic mass is 32.2. The Morgan fingerprint density at radius 1 is 0.759 bits per heavy atom. The van der Waals surface area contributed by atoms with Gasteiger partial charge in [0.15, 0.2) is 0 Å². The largest absolute Gasteiger partial charge is 0.468 e. The summed E-state index contributed by atoms with van der Waals surface area (Å²) in [7, 11) is -1.88. The summed E-state index contributed by atoms with van der Waals surface area (Å²) in [5.74, 6) is -1.48. The number of rotatable bonds is 10. The van der Waals surface area contributed by atoms with Crippen molar-refractivity contribution < 1.29 is 27.5 Å². The van der Waals surface area contributed by atoms with Gasteiger partial charge in [-0.1, -0.05) is 60.7 Å². The van der Waals surface area contributed by atoms with Crippen molar-refractivity contribution in [3.8, 4) is 0 Å². The summed E-state index contributed by atoms with van der Waals surface area (Å²) in [5.41, 5.74) is 1.50. The van der Waals surface area contributed by atoms with Crippen molar-refractivity contribution in [1.82, 2.24) is 9.44 Å². The van der Waals surface area contributed by atoms with Crippen LogP contribution in [0.15, 0.2) is 60.7 Å². The lowest BCUT2D eigenvalue weighted by Crippen LogP contribution is -2.53. The van der Waals surface area contributed by atoms with Gasteiger partial charge in [-0.25, -0.2) is 0 Å². The van der Waals surface area contributed by atoms with Gasteiger partial charge < -0.3 is 9.47 Å². The van der Waals surface area contributed by atoms with E-state index in [1.165, 1.54) is 14.2 Å². The molecule has 0 aliphatic heterocycles. The summed E-state index contributed by atoms with van der Waals surface area (Å²) in [6.07, 6.45) is 0.187. The molecule has 0 amide bonds. The number of esters is 2. The molecule has 0 aromatic heterocycles. The zero-order valence-corrected chi connectivity index (χ0v) is 17.0. The third-order valence-electron chi connectivity index (χ3n) is 4.13. The molecule has 156 valence electrons. The van der Waals surface area contributed by atoms with Gasteiger partial charge in [-0.2, -0.15) is 17.9 Å². The van der Waals surface area contributed by atoms with Crippen LogP contribution in [-0.4, -0.2) is 46.7 Å². The smallest absolute Gasteiger partial charge is 0.324 e. The first-order valence-corrected chi connectivity index (χ1v) is 10.4. The highest BCUT2D eigenvalue weighted by Crippen LogP contribution is 2.08. The van der Waals surface area contributed by atoms with Crippen LogP contribution in [0.25, 0.3) is 0 Å². The van der Waals surface area contributed by atoms with Crippen LogP contribution < -0.4 is 9.44 Å². The number of hydrogen-bond donors (Lipinski definition) is 2. The quantitative estimate of drug-likeness (QED) is 0.555. The molecule has 9 heteroatoms. The van der Waals surface area contributed by atoms with Crippen LogP contribution in [0.2, 0.25) is 0 Å². The third-order valence-corrected chi connectivity index (χ3v) is 5.32. The first-order valence-electron chi connectivity index (χ1n) is 8.87. The average molecular weight is 420 g/mol. The van der Waals surface area contributed by atoms with Crippen LogP contribution in [-0.2, 0) is 42.1 Å². The molecular weight excluding hydrogens is 396 g/mol. The highest BCUT2D eigenvalue weighted by Gasteiger charge is 2.30. The fourth-order valence-corrected chi connectivity index (χ4v) is 3.92. The lowest BCUT2D eigenvalue weighted by Gasteiger charge is -2.20. The van der Waals surface area contributed by atoms with Crippen molar-refractivity contribution in [3.63, 3.8) is 0 Å². The van der Waals surface area contributed by atoms with E-state index >= 15 is 0 Å². The van der Waals surface area contributed by atoms with Gasteiger partial charge in [0.2, 0.25) is 0 Å². The molecule has 2 N–H and O–H groups in total. The molecule has 0 heterocycles. The Hall–Kier alpha value is -2.75. The van der Waals surface area contributed by atoms with Gasteiger partial charge in [0.25, 0.3) is 10.2 Å². The second-order valence-corrected chi connectivity index (χ2v) is 7.75.